The molecule has 2 nitrogen and oxygen atoms in total. The van der Waals surface area contributed by atoms with Crippen LogP contribution < -0.4 is 10.2 Å². The molecule has 0 radical (unpaired) electrons. The molecule has 0 aromatic heterocycles. The third-order valence-corrected chi connectivity index (χ3v) is 4.46. The maximum absolute atomic E-state index is 12.8. The smallest absolute Gasteiger partial charge is 0.370 e. The Morgan fingerprint density at radius 3 is 2.52 bits per heavy atom. The molecule has 118 valence electrons. The number of nitrogens with one attached hydrogen (secondary N) is 1. The summed E-state index contributed by atoms with van der Waals surface area (Å²) in [6.45, 7) is 4.68. The van der Waals surface area contributed by atoms with Crippen molar-refractivity contribution >= 4 is 21.6 Å². The van der Waals surface area contributed by atoms with E-state index in [1.165, 1.54) is 12.1 Å². The van der Waals surface area contributed by atoms with E-state index in [0.717, 1.165) is 49.4 Å². The lowest BCUT2D eigenvalue weighted by Gasteiger charge is -2.35. The van der Waals surface area contributed by atoms with Crippen molar-refractivity contribution in [3.63, 3.8) is 0 Å². The van der Waals surface area contributed by atoms with Gasteiger partial charge in [-0.05, 0) is 59.9 Å². The summed E-state index contributed by atoms with van der Waals surface area (Å²) in [6, 6.07) is 4.32. The summed E-state index contributed by atoms with van der Waals surface area (Å²) < 4.78 is 39.2. The van der Waals surface area contributed by atoms with Crippen molar-refractivity contribution in [1.29, 1.82) is 0 Å². The summed E-state index contributed by atoms with van der Waals surface area (Å²) in [5, 5.41) is 3.48. The monoisotopic (exact) mass is 364 g/mol. The fourth-order valence-electron chi connectivity index (χ4n) is 2.60. The minimum Gasteiger partial charge on any atom is -0.370 e. The molecule has 0 atom stereocenters. The predicted octanol–water partition coefficient (Wildman–Crippen LogP) is 4.44. The molecule has 1 aliphatic rings. The first-order valence-corrected chi connectivity index (χ1v) is 8.06. The quantitative estimate of drug-likeness (QED) is 0.849. The predicted molar refractivity (Wildman–Crippen MR) is 82.7 cm³/mol. The van der Waals surface area contributed by atoms with Crippen LogP contribution in [0, 0.1) is 0 Å². The maximum atomic E-state index is 12.8. The summed E-state index contributed by atoms with van der Waals surface area (Å²) in [6.07, 6.45) is -1.28. The molecule has 21 heavy (non-hydrogen) atoms. The highest BCUT2D eigenvalue weighted by molar-refractivity contribution is 9.10. The zero-order chi connectivity index (χ0) is 15.5. The van der Waals surface area contributed by atoms with Crippen LogP contribution in [0.4, 0.5) is 18.9 Å². The molecule has 0 saturated carbocycles. The van der Waals surface area contributed by atoms with Gasteiger partial charge < -0.3 is 10.2 Å². The highest BCUT2D eigenvalue weighted by atomic mass is 79.9. The Labute approximate surface area is 131 Å². The molecule has 0 spiro atoms. The number of halogens is 4. The molecule has 0 amide bonds. The van der Waals surface area contributed by atoms with E-state index < -0.39 is 11.7 Å². The van der Waals surface area contributed by atoms with Crippen LogP contribution in [-0.2, 0) is 6.18 Å². The second kappa shape index (κ2) is 7.01. The number of hydrogen-bond donors (Lipinski definition) is 1. The van der Waals surface area contributed by atoms with E-state index in [1.807, 2.05) is 4.90 Å². The van der Waals surface area contributed by atoms with Gasteiger partial charge in [-0.3, -0.25) is 0 Å². The number of hydrogen-bond acceptors (Lipinski definition) is 2. The molecular formula is C15H20BrF3N2. The molecule has 1 N–H and O–H groups in total. The van der Waals surface area contributed by atoms with Crippen molar-refractivity contribution in [2.24, 2.45) is 0 Å². The van der Waals surface area contributed by atoms with Crippen LogP contribution in [0.1, 0.15) is 31.7 Å². The second-order valence-electron chi connectivity index (χ2n) is 5.38. The number of piperidine rings is 1. The van der Waals surface area contributed by atoms with Gasteiger partial charge in [-0.25, -0.2) is 0 Å². The van der Waals surface area contributed by atoms with E-state index in [9.17, 15) is 13.2 Å². The normalized spacial score (nSPS) is 17.3. The highest BCUT2D eigenvalue weighted by Crippen LogP contribution is 2.36. The molecule has 0 aliphatic carbocycles. The number of nitrogens with zero attached hydrogens (tertiary/aromatic N) is 1. The third-order valence-electron chi connectivity index (χ3n) is 3.79. The van der Waals surface area contributed by atoms with Crippen molar-refractivity contribution in [2.75, 3.05) is 24.5 Å². The number of alkyl halides is 3. The molecule has 1 saturated heterocycles. The molecule has 6 heteroatoms. The van der Waals surface area contributed by atoms with Gasteiger partial charge in [-0.1, -0.05) is 6.92 Å². The first-order chi connectivity index (χ1) is 9.91. The Balaban J connectivity index is 2.06. The Morgan fingerprint density at radius 1 is 1.29 bits per heavy atom. The maximum Gasteiger partial charge on any atom is 0.416 e. The van der Waals surface area contributed by atoms with Crippen LogP contribution in [0.3, 0.4) is 0 Å². The fraction of sp³-hybridized carbons (Fsp3) is 0.600. The third kappa shape index (κ3) is 4.36. The van der Waals surface area contributed by atoms with Crippen LogP contribution in [0.15, 0.2) is 22.7 Å². The zero-order valence-electron chi connectivity index (χ0n) is 12.0. The number of benzene rings is 1. The van der Waals surface area contributed by atoms with Gasteiger partial charge in [0, 0.05) is 23.6 Å². The summed E-state index contributed by atoms with van der Waals surface area (Å²) >= 11 is 3.37. The highest BCUT2D eigenvalue weighted by Gasteiger charge is 2.32. The van der Waals surface area contributed by atoms with Crippen LogP contribution in [0.5, 0.6) is 0 Å². The summed E-state index contributed by atoms with van der Waals surface area (Å²) in [5.74, 6) is 0. The largest absolute Gasteiger partial charge is 0.416 e. The standard InChI is InChI=1S/C15H20BrF3N2/c1-2-7-20-12-5-8-21(9-6-12)14-10-11(15(17,18)19)3-4-13(14)16/h3-4,10,12,20H,2,5-9H2,1H3. The summed E-state index contributed by atoms with van der Waals surface area (Å²) in [7, 11) is 0. The van der Waals surface area contributed by atoms with Crippen LogP contribution in [0.25, 0.3) is 0 Å². The van der Waals surface area contributed by atoms with Gasteiger partial charge in [0.15, 0.2) is 0 Å². The van der Waals surface area contributed by atoms with Gasteiger partial charge in [0.1, 0.15) is 0 Å². The molecule has 2 rings (SSSR count). The molecular weight excluding hydrogens is 345 g/mol. The average molecular weight is 365 g/mol. The van der Waals surface area contributed by atoms with E-state index >= 15 is 0 Å². The SMILES string of the molecule is CCCNC1CCN(c2cc(C(F)(F)F)ccc2Br)CC1. The van der Waals surface area contributed by atoms with Gasteiger partial charge in [0.05, 0.1) is 11.3 Å². The van der Waals surface area contributed by atoms with Crippen molar-refractivity contribution in [1.82, 2.24) is 5.32 Å². The Bertz CT molecular complexity index is 468. The second-order valence-corrected chi connectivity index (χ2v) is 6.23. The molecule has 0 bridgehead atoms. The molecule has 1 heterocycles. The van der Waals surface area contributed by atoms with Crippen molar-refractivity contribution in [3.8, 4) is 0 Å². The first-order valence-electron chi connectivity index (χ1n) is 7.27. The van der Waals surface area contributed by atoms with Crippen molar-refractivity contribution < 1.29 is 13.2 Å². The topological polar surface area (TPSA) is 15.3 Å². The van der Waals surface area contributed by atoms with Gasteiger partial charge >= 0.3 is 6.18 Å². The first kappa shape index (κ1) is 16.6. The molecule has 0 unspecified atom stereocenters. The molecule has 1 aromatic rings. The van der Waals surface area contributed by atoms with E-state index in [2.05, 4.69) is 28.2 Å². The average Bonchev–Trinajstić information content (AvgIpc) is 2.45. The summed E-state index contributed by atoms with van der Waals surface area (Å²) in [4.78, 5) is 2.03. The lowest BCUT2D eigenvalue weighted by Crippen LogP contribution is -2.42. The van der Waals surface area contributed by atoms with Crippen LogP contribution in [-0.4, -0.2) is 25.7 Å². The van der Waals surface area contributed by atoms with Gasteiger partial charge in [0.2, 0.25) is 0 Å². The lowest BCUT2D eigenvalue weighted by molar-refractivity contribution is -0.137. The molecule has 1 aliphatic heterocycles. The number of anilines is 1. The Hall–Kier alpha value is -0.750. The number of rotatable bonds is 4. The van der Waals surface area contributed by atoms with E-state index in [1.54, 1.807) is 0 Å². The van der Waals surface area contributed by atoms with Gasteiger partial charge in [0.25, 0.3) is 0 Å². The Morgan fingerprint density at radius 2 is 1.95 bits per heavy atom. The van der Waals surface area contributed by atoms with Gasteiger partial charge in [-0.2, -0.15) is 13.2 Å². The van der Waals surface area contributed by atoms with Crippen LogP contribution >= 0.6 is 15.9 Å². The van der Waals surface area contributed by atoms with Crippen molar-refractivity contribution in [2.45, 2.75) is 38.4 Å². The molecule has 1 fully saturated rings. The van der Waals surface area contributed by atoms with Crippen molar-refractivity contribution in [3.05, 3.63) is 28.2 Å². The Kier molecular flexibility index (Phi) is 5.54. The van der Waals surface area contributed by atoms with E-state index in [-0.39, 0.29) is 0 Å². The molecule has 1 aromatic carbocycles. The fourth-order valence-corrected chi connectivity index (χ4v) is 3.10. The lowest BCUT2D eigenvalue weighted by atomic mass is 10.0. The van der Waals surface area contributed by atoms with Crippen LogP contribution in [0.2, 0.25) is 0 Å². The summed E-state index contributed by atoms with van der Waals surface area (Å²) in [5.41, 5.74) is 0.0469. The van der Waals surface area contributed by atoms with Gasteiger partial charge in [-0.15, -0.1) is 0 Å². The zero-order valence-corrected chi connectivity index (χ0v) is 13.6. The van der Waals surface area contributed by atoms with E-state index in [4.69, 9.17) is 0 Å². The minimum absolute atomic E-state index is 0.478. The van der Waals surface area contributed by atoms with E-state index in [0.29, 0.717) is 11.7 Å². The minimum atomic E-state index is -4.30.